The van der Waals surface area contributed by atoms with Crippen LogP contribution in [0.2, 0.25) is 0 Å². The molecule has 2 rings (SSSR count). The Morgan fingerprint density at radius 1 is 1.25 bits per heavy atom. The van der Waals surface area contributed by atoms with Crippen molar-refractivity contribution in [2.24, 2.45) is 0 Å². The zero-order valence-corrected chi connectivity index (χ0v) is 11.7. The first-order valence-corrected chi connectivity index (χ1v) is 6.37. The van der Waals surface area contributed by atoms with Gasteiger partial charge in [-0.3, -0.25) is 9.88 Å². The van der Waals surface area contributed by atoms with Gasteiger partial charge in [0.05, 0.1) is 12.7 Å². The minimum absolute atomic E-state index is 0.561. The molecule has 102 valence electrons. The van der Waals surface area contributed by atoms with Crippen molar-refractivity contribution in [1.29, 1.82) is 5.26 Å². The maximum Gasteiger partial charge on any atom is 0.136 e. The topological polar surface area (TPSA) is 49.1 Å². The summed E-state index contributed by atoms with van der Waals surface area (Å²) < 4.78 is 5.23. The maximum atomic E-state index is 8.97. The molecule has 20 heavy (non-hydrogen) atoms. The van der Waals surface area contributed by atoms with Crippen molar-refractivity contribution >= 4 is 0 Å². The minimum Gasteiger partial charge on any atom is -0.495 e. The molecule has 0 unspecified atom stereocenters. The Labute approximate surface area is 119 Å². The summed E-state index contributed by atoms with van der Waals surface area (Å²) in [4.78, 5) is 6.30. The molecule has 4 heteroatoms. The zero-order chi connectivity index (χ0) is 14.4. The van der Waals surface area contributed by atoms with Gasteiger partial charge in [-0.1, -0.05) is 12.1 Å². The summed E-state index contributed by atoms with van der Waals surface area (Å²) in [5.74, 6) is 0.625. The number of ether oxygens (including phenoxy) is 1. The Morgan fingerprint density at radius 3 is 2.70 bits per heavy atom. The molecule has 0 N–H and O–H groups in total. The van der Waals surface area contributed by atoms with Crippen LogP contribution in [-0.2, 0) is 13.1 Å². The number of aromatic nitrogens is 1. The summed E-state index contributed by atoms with van der Waals surface area (Å²) in [6.45, 7) is 1.62. The van der Waals surface area contributed by atoms with Crippen molar-refractivity contribution in [3.8, 4) is 11.8 Å². The van der Waals surface area contributed by atoms with Crippen molar-refractivity contribution in [1.82, 2.24) is 9.88 Å². The van der Waals surface area contributed by atoms with Gasteiger partial charge >= 0.3 is 0 Å². The third-order valence-electron chi connectivity index (χ3n) is 3.01. The molecule has 1 heterocycles. The van der Waals surface area contributed by atoms with Crippen molar-refractivity contribution < 1.29 is 4.74 Å². The van der Waals surface area contributed by atoms with E-state index in [2.05, 4.69) is 29.1 Å². The van der Waals surface area contributed by atoms with E-state index in [0.717, 1.165) is 18.7 Å². The lowest BCUT2D eigenvalue weighted by Crippen LogP contribution is -2.17. The van der Waals surface area contributed by atoms with Gasteiger partial charge in [0.1, 0.15) is 11.8 Å². The summed E-state index contributed by atoms with van der Waals surface area (Å²) in [7, 11) is 3.64. The molecular weight excluding hydrogens is 250 g/mol. The quantitative estimate of drug-likeness (QED) is 0.835. The van der Waals surface area contributed by atoms with Crippen molar-refractivity contribution in [2.45, 2.75) is 13.1 Å². The zero-order valence-electron chi connectivity index (χ0n) is 11.7. The minimum atomic E-state index is 0.561. The molecular formula is C16H17N3O. The predicted octanol–water partition coefficient (Wildman–Crippen LogP) is 2.59. The molecule has 0 bridgehead atoms. The van der Waals surface area contributed by atoms with Crippen LogP contribution in [0.4, 0.5) is 0 Å². The van der Waals surface area contributed by atoms with Gasteiger partial charge < -0.3 is 4.74 Å². The highest BCUT2D eigenvalue weighted by atomic mass is 16.5. The molecule has 0 amide bonds. The van der Waals surface area contributed by atoms with Gasteiger partial charge in [-0.05, 0) is 36.4 Å². The smallest absolute Gasteiger partial charge is 0.136 e. The number of hydrogen-bond acceptors (Lipinski definition) is 4. The molecule has 0 atom stereocenters. The molecule has 0 fully saturated rings. The first kappa shape index (κ1) is 14.0. The van der Waals surface area contributed by atoms with Gasteiger partial charge in [-0.25, -0.2) is 0 Å². The lowest BCUT2D eigenvalue weighted by atomic mass is 10.1. The van der Waals surface area contributed by atoms with Crippen LogP contribution in [0.15, 0.2) is 42.7 Å². The van der Waals surface area contributed by atoms with E-state index in [1.165, 1.54) is 5.56 Å². The van der Waals surface area contributed by atoms with Gasteiger partial charge in [-0.2, -0.15) is 5.26 Å². The Balaban J connectivity index is 2.05. The van der Waals surface area contributed by atoms with Crippen LogP contribution in [0.1, 0.15) is 16.7 Å². The Morgan fingerprint density at radius 2 is 2.05 bits per heavy atom. The predicted molar refractivity (Wildman–Crippen MR) is 77.1 cm³/mol. The van der Waals surface area contributed by atoms with Crippen LogP contribution in [0.25, 0.3) is 0 Å². The number of benzene rings is 1. The summed E-state index contributed by atoms with van der Waals surface area (Å²) in [5, 5.41) is 8.97. The number of nitriles is 1. The Kier molecular flexibility index (Phi) is 4.70. The molecule has 1 aromatic heterocycles. The fourth-order valence-corrected chi connectivity index (χ4v) is 2.10. The molecule has 0 spiro atoms. The second kappa shape index (κ2) is 6.69. The van der Waals surface area contributed by atoms with Crippen LogP contribution >= 0.6 is 0 Å². The molecule has 1 aromatic carbocycles. The lowest BCUT2D eigenvalue weighted by molar-refractivity contribution is 0.318. The highest BCUT2D eigenvalue weighted by Crippen LogP contribution is 2.20. The van der Waals surface area contributed by atoms with Crippen molar-refractivity contribution in [2.75, 3.05) is 14.2 Å². The standard InChI is InChI=1S/C16H17N3O/c1-19(12-14-4-3-7-18-10-14)11-13-5-6-15(9-17)16(8-13)20-2/h3-8,10H,11-12H2,1-2H3. The Bertz CT molecular complexity index is 605. The molecule has 0 aliphatic rings. The largest absolute Gasteiger partial charge is 0.495 e. The summed E-state index contributed by atoms with van der Waals surface area (Å²) in [6.07, 6.45) is 3.64. The van der Waals surface area contributed by atoms with Crippen LogP contribution in [0.3, 0.4) is 0 Å². The second-order valence-corrected chi connectivity index (χ2v) is 4.68. The highest BCUT2D eigenvalue weighted by Gasteiger charge is 2.06. The average Bonchev–Trinajstić information content (AvgIpc) is 2.48. The number of pyridine rings is 1. The molecule has 4 nitrogen and oxygen atoms in total. The van der Waals surface area contributed by atoms with E-state index < -0.39 is 0 Å². The lowest BCUT2D eigenvalue weighted by Gasteiger charge is -2.17. The number of rotatable bonds is 5. The fraction of sp³-hybridized carbons (Fsp3) is 0.250. The number of methoxy groups -OCH3 is 1. The van der Waals surface area contributed by atoms with E-state index in [1.54, 1.807) is 19.4 Å². The number of nitrogens with zero attached hydrogens (tertiary/aromatic N) is 3. The van der Waals surface area contributed by atoms with Gasteiger partial charge in [0.2, 0.25) is 0 Å². The van der Waals surface area contributed by atoms with E-state index in [0.29, 0.717) is 11.3 Å². The van der Waals surface area contributed by atoms with Crippen molar-refractivity contribution in [3.63, 3.8) is 0 Å². The SMILES string of the molecule is COc1cc(CN(C)Cc2cccnc2)ccc1C#N. The molecule has 0 saturated carbocycles. The van der Waals surface area contributed by atoms with E-state index >= 15 is 0 Å². The van der Waals surface area contributed by atoms with Gasteiger partial charge in [-0.15, -0.1) is 0 Å². The molecule has 0 aliphatic heterocycles. The summed E-state index contributed by atoms with van der Waals surface area (Å²) >= 11 is 0. The summed E-state index contributed by atoms with van der Waals surface area (Å²) in [6, 6.07) is 11.8. The van der Waals surface area contributed by atoms with Gasteiger partial charge in [0.25, 0.3) is 0 Å². The van der Waals surface area contributed by atoms with E-state index in [-0.39, 0.29) is 0 Å². The average molecular weight is 267 g/mol. The van der Waals surface area contributed by atoms with E-state index in [9.17, 15) is 0 Å². The van der Waals surface area contributed by atoms with Gasteiger partial charge in [0.15, 0.2) is 0 Å². The van der Waals surface area contributed by atoms with Crippen LogP contribution in [-0.4, -0.2) is 24.0 Å². The third kappa shape index (κ3) is 3.56. The maximum absolute atomic E-state index is 8.97. The first-order valence-electron chi connectivity index (χ1n) is 6.37. The fourth-order valence-electron chi connectivity index (χ4n) is 2.10. The van der Waals surface area contributed by atoms with Gasteiger partial charge in [0, 0.05) is 25.5 Å². The van der Waals surface area contributed by atoms with E-state index in [1.807, 2.05) is 24.4 Å². The number of hydrogen-bond donors (Lipinski definition) is 0. The molecule has 2 aromatic rings. The second-order valence-electron chi connectivity index (χ2n) is 4.68. The normalized spacial score (nSPS) is 10.3. The highest BCUT2D eigenvalue weighted by molar-refractivity contribution is 5.45. The summed E-state index contributed by atoms with van der Waals surface area (Å²) in [5.41, 5.74) is 2.86. The molecule has 0 aliphatic carbocycles. The third-order valence-corrected chi connectivity index (χ3v) is 3.01. The molecule has 0 saturated heterocycles. The van der Waals surface area contributed by atoms with E-state index in [4.69, 9.17) is 10.00 Å². The monoisotopic (exact) mass is 267 g/mol. The molecule has 0 radical (unpaired) electrons. The first-order chi connectivity index (χ1) is 9.72. The Hall–Kier alpha value is -2.38. The van der Waals surface area contributed by atoms with Crippen LogP contribution < -0.4 is 4.74 Å². The van der Waals surface area contributed by atoms with Crippen molar-refractivity contribution in [3.05, 3.63) is 59.4 Å². The van der Waals surface area contributed by atoms with Crippen LogP contribution in [0, 0.1) is 11.3 Å². The van der Waals surface area contributed by atoms with Crippen LogP contribution in [0.5, 0.6) is 5.75 Å².